The van der Waals surface area contributed by atoms with Crippen molar-refractivity contribution < 1.29 is 32.3 Å². The Balaban J connectivity index is 1.81. The number of amides is 1. The maximum Gasteiger partial charge on any atom is 0.333 e. The van der Waals surface area contributed by atoms with Gasteiger partial charge in [-0.15, -0.1) is 0 Å². The van der Waals surface area contributed by atoms with Crippen LogP contribution in [-0.4, -0.2) is 58.5 Å². The second kappa shape index (κ2) is 6.91. The zero-order valence-corrected chi connectivity index (χ0v) is 18.3. The van der Waals surface area contributed by atoms with Crippen LogP contribution in [0.15, 0.2) is 17.0 Å². The molecule has 0 saturated carbocycles. The Labute approximate surface area is 172 Å². The van der Waals surface area contributed by atoms with Crippen LogP contribution in [-0.2, 0) is 33.7 Å². The molecule has 2 aliphatic heterocycles. The molecule has 2 fully saturated rings. The number of ether oxygens (including phenoxy) is 2. The molecule has 2 aliphatic rings. The smallest absolute Gasteiger partial charge is 0.333 e. The van der Waals surface area contributed by atoms with Crippen molar-refractivity contribution in [1.82, 2.24) is 9.27 Å². The van der Waals surface area contributed by atoms with Gasteiger partial charge in [0.15, 0.2) is 21.3 Å². The molecule has 0 aliphatic carbocycles. The van der Waals surface area contributed by atoms with Crippen LogP contribution in [0.1, 0.15) is 40.3 Å². The molecule has 2 saturated heterocycles. The van der Waals surface area contributed by atoms with Crippen LogP contribution >= 0.6 is 11.5 Å². The first kappa shape index (κ1) is 21.4. The summed E-state index contributed by atoms with van der Waals surface area (Å²) in [6, 6.07) is 0.321. The van der Waals surface area contributed by atoms with E-state index < -0.39 is 56.1 Å². The molecule has 11 heteroatoms. The van der Waals surface area contributed by atoms with Crippen LogP contribution in [0.5, 0.6) is 0 Å². The summed E-state index contributed by atoms with van der Waals surface area (Å²) < 4.78 is 38.5. The minimum atomic E-state index is -3.91. The Morgan fingerprint density at radius 1 is 1.31 bits per heavy atom. The Morgan fingerprint density at radius 3 is 2.52 bits per heavy atom. The molecule has 158 valence electrons. The Kier molecular flexibility index (Phi) is 5.11. The summed E-state index contributed by atoms with van der Waals surface area (Å²) in [4.78, 5) is 38.1. The molecular weight excluding hydrogens is 420 g/mol. The maximum absolute atomic E-state index is 13.0. The minimum Gasteiger partial charge on any atom is -0.427 e. The SMILES string of the molecule is CC(C)(C)C(=O)OCOC(=O)[C@@H]1N2C(=O)/C(=C\c3ccsn3)[C@H]2S(=O)(=O)C1(C)C. The van der Waals surface area contributed by atoms with Crippen molar-refractivity contribution in [1.29, 1.82) is 0 Å². The number of sulfone groups is 1. The lowest BCUT2D eigenvalue weighted by Gasteiger charge is -2.38. The number of hydrogen-bond acceptors (Lipinski definition) is 9. The van der Waals surface area contributed by atoms with E-state index >= 15 is 0 Å². The molecule has 0 unspecified atom stereocenters. The average molecular weight is 443 g/mol. The number of nitrogens with zero attached hydrogens (tertiary/aromatic N) is 2. The normalized spacial score (nSPS) is 26.0. The maximum atomic E-state index is 13.0. The van der Waals surface area contributed by atoms with Gasteiger partial charge in [0.1, 0.15) is 4.75 Å². The molecule has 0 radical (unpaired) electrons. The molecule has 0 aromatic carbocycles. The van der Waals surface area contributed by atoms with E-state index in [0.29, 0.717) is 5.69 Å². The van der Waals surface area contributed by atoms with Crippen molar-refractivity contribution in [2.75, 3.05) is 6.79 Å². The average Bonchev–Trinajstić information content (AvgIpc) is 3.15. The van der Waals surface area contributed by atoms with Crippen molar-refractivity contribution in [3.8, 4) is 0 Å². The number of β-lactam (4-membered cyclic amide) rings is 1. The quantitative estimate of drug-likeness (QED) is 0.297. The molecule has 9 nitrogen and oxygen atoms in total. The van der Waals surface area contributed by atoms with Crippen LogP contribution in [0.3, 0.4) is 0 Å². The first-order chi connectivity index (χ1) is 13.3. The second-order valence-electron chi connectivity index (χ2n) is 8.40. The van der Waals surface area contributed by atoms with Gasteiger partial charge >= 0.3 is 11.9 Å². The van der Waals surface area contributed by atoms with Gasteiger partial charge in [0, 0.05) is 5.38 Å². The molecule has 1 aromatic heterocycles. The van der Waals surface area contributed by atoms with Crippen molar-refractivity contribution in [3.05, 3.63) is 22.7 Å². The summed E-state index contributed by atoms with van der Waals surface area (Å²) in [7, 11) is -3.91. The fourth-order valence-electron chi connectivity index (χ4n) is 3.22. The standard InChI is InChI=1S/C18H22N2O7S2/c1-17(2,3)16(23)27-9-26-15(22)12-18(4,5)29(24,25)14-11(13(21)20(12)14)8-10-6-7-28-19-10/h6-8,12,14H,9H2,1-5H3/b11-8+/t12-,14+/m0/s1. The van der Waals surface area contributed by atoms with Crippen LogP contribution in [0.25, 0.3) is 6.08 Å². The molecule has 2 atom stereocenters. The Hall–Kier alpha value is -2.27. The summed E-state index contributed by atoms with van der Waals surface area (Å²) in [6.07, 6.45) is 1.42. The zero-order valence-electron chi connectivity index (χ0n) is 16.7. The first-order valence-electron chi connectivity index (χ1n) is 8.82. The van der Waals surface area contributed by atoms with E-state index in [0.717, 1.165) is 4.90 Å². The molecule has 1 amide bonds. The number of rotatable bonds is 4. The van der Waals surface area contributed by atoms with E-state index in [9.17, 15) is 22.8 Å². The lowest BCUT2D eigenvalue weighted by Crippen LogP contribution is -2.59. The van der Waals surface area contributed by atoms with Crippen LogP contribution < -0.4 is 0 Å². The second-order valence-corrected chi connectivity index (χ2v) is 11.7. The molecule has 3 heterocycles. The van der Waals surface area contributed by atoms with Gasteiger partial charge in [-0.05, 0) is 58.3 Å². The van der Waals surface area contributed by atoms with E-state index in [1.807, 2.05) is 0 Å². The van der Waals surface area contributed by atoms with Crippen molar-refractivity contribution in [3.63, 3.8) is 0 Å². The van der Waals surface area contributed by atoms with Crippen LogP contribution in [0.2, 0.25) is 0 Å². The van der Waals surface area contributed by atoms with Crippen LogP contribution in [0, 0.1) is 5.41 Å². The van der Waals surface area contributed by atoms with Gasteiger partial charge in [-0.2, -0.15) is 4.37 Å². The highest BCUT2D eigenvalue weighted by molar-refractivity contribution is 7.94. The third-order valence-electron chi connectivity index (χ3n) is 4.95. The molecule has 29 heavy (non-hydrogen) atoms. The number of carbonyl (C=O) groups is 3. The van der Waals surface area contributed by atoms with Gasteiger partial charge in [-0.1, -0.05) is 0 Å². The number of esters is 2. The first-order valence-corrected chi connectivity index (χ1v) is 11.2. The highest BCUT2D eigenvalue weighted by atomic mass is 32.2. The number of aromatic nitrogens is 1. The summed E-state index contributed by atoms with van der Waals surface area (Å²) in [5, 5.41) is 0.473. The third-order valence-corrected chi connectivity index (χ3v) is 8.28. The fourth-order valence-corrected chi connectivity index (χ4v) is 5.83. The van der Waals surface area contributed by atoms with Gasteiger partial charge in [0.25, 0.3) is 5.91 Å². The topological polar surface area (TPSA) is 120 Å². The fraction of sp³-hybridized carbons (Fsp3) is 0.556. The summed E-state index contributed by atoms with van der Waals surface area (Å²) >= 11 is 1.18. The number of hydrogen-bond donors (Lipinski definition) is 0. The van der Waals surface area contributed by atoms with E-state index in [2.05, 4.69) is 4.37 Å². The molecule has 0 N–H and O–H groups in total. The largest absolute Gasteiger partial charge is 0.427 e. The monoisotopic (exact) mass is 442 g/mol. The number of fused-ring (bicyclic) bond motifs is 1. The van der Waals surface area contributed by atoms with Crippen molar-refractivity contribution >= 4 is 45.3 Å². The van der Waals surface area contributed by atoms with Gasteiger partial charge in [0.05, 0.1) is 16.7 Å². The summed E-state index contributed by atoms with van der Waals surface area (Å²) in [6.45, 7) is 7.02. The highest BCUT2D eigenvalue weighted by Gasteiger charge is 2.70. The molecule has 1 aromatic rings. The summed E-state index contributed by atoms with van der Waals surface area (Å²) in [5.74, 6) is -2.08. The predicted octanol–water partition coefficient (Wildman–Crippen LogP) is 1.36. The minimum absolute atomic E-state index is 0.0680. The van der Waals surface area contributed by atoms with Gasteiger partial charge in [-0.3, -0.25) is 9.59 Å². The lowest BCUT2D eigenvalue weighted by molar-refractivity contribution is -0.178. The van der Waals surface area contributed by atoms with Gasteiger partial charge in [-0.25, -0.2) is 13.2 Å². The molecule has 0 spiro atoms. The van der Waals surface area contributed by atoms with Crippen molar-refractivity contribution in [2.24, 2.45) is 5.41 Å². The Morgan fingerprint density at radius 2 is 1.97 bits per heavy atom. The number of carbonyl (C=O) groups excluding carboxylic acids is 3. The van der Waals surface area contributed by atoms with Crippen molar-refractivity contribution in [2.45, 2.75) is 50.8 Å². The van der Waals surface area contributed by atoms with E-state index in [1.54, 1.807) is 32.2 Å². The van der Waals surface area contributed by atoms with Gasteiger partial charge in [0.2, 0.25) is 6.79 Å². The van der Waals surface area contributed by atoms with E-state index in [-0.39, 0.29) is 5.57 Å². The summed E-state index contributed by atoms with van der Waals surface area (Å²) in [5.41, 5.74) is -0.236. The highest BCUT2D eigenvalue weighted by Crippen LogP contribution is 2.49. The van der Waals surface area contributed by atoms with E-state index in [1.165, 1.54) is 31.5 Å². The van der Waals surface area contributed by atoms with Gasteiger partial charge < -0.3 is 14.4 Å². The predicted molar refractivity (Wildman–Crippen MR) is 104 cm³/mol. The third kappa shape index (κ3) is 3.35. The molecular formula is C18H22N2O7S2. The van der Waals surface area contributed by atoms with Crippen LogP contribution in [0.4, 0.5) is 0 Å². The van der Waals surface area contributed by atoms with E-state index in [4.69, 9.17) is 9.47 Å². The molecule has 0 bridgehead atoms. The molecule has 3 rings (SSSR count). The zero-order chi connectivity index (χ0) is 21.8. The lowest BCUT2D eigenvalue weighted by atomic mass is 9.95. The Bertz CT molecular complexity index is 988.